The number of rotatable bonds is 6. The third-order valence-electron chi connectivity index (χ3n) is 16.5. The van der Waals surface area contributed by atoms with E-state index in [2.05, 4.69) is 0 Å². The molecule has 6 N–H and O–H groups in total. The number of nitrogens with zero attached hydrogens (tertiary/aromatic N) is 9. The second-order valence-electron chi connectivity index (χ2n) is 27.5. The Balaban J connectivity index is 1.26. The van der Waals surface area contributed by atoms with Crippen molar-refractivity contribution in [2.24, 2.45) is 0 Å². The van der Waals surface area contributed by atoms with Crippen LogP contribution < -0.4 is 14.2 Å². The molecule has 378 valence electrons. The summed E-state index contributed by atoms with van der Waals surface area (Å²) in [6, 6.07) is 0.0536. The van der Waals surface area contributed by atoms with Gasteiger partial charge in [0.1, 0.15) is 18.3 Å². The van der Waals surface area contributed by atoms with E-state index in [1.54, 1.807) is 0 Å². The Morgan fingerprint density at radius 1 is 0.303 bits per heavy atom. The molecule has 18 heteroatoms. The Labute approximate surface area is 394 Å². The van der Waals surface area contributed by atoms with Crippen LogP contribution >= 0.6 is 0 Å². The second kappa shape index (κ2) is 15.7. The van der Waals surface area contributed by atoms with E-state index in [9.17, 15) is 31.2 Å². The lowest BCUT2D eigenvalue weighted by Gasteiger charge is -2.63. The first kappa shape index (κ1) is 51.8. The first-order valence-electron chi connectivity index (χ1n) is 24.4. The van der Waals surface area contributed by atoms with Crippen LogP contribution in [-0.4, -0.2) is 161 Å². The van der Waals surface area contributed by atoms with Gasteiger partial charge < -0.3 is 45.5 Å². The van der Waals surface area contributed by atoms with Gasteiger partial charge in [-0.1, -0.05) is 0 Å². The first-order valence-corrected chi connectivity index (χ1v) is 24.4. The summed E-state index contributed by atoms with van der Waals surface area (Å²) in [4.78, 5) is 14.5. The normalized spacial score (nSPS) is 34.3. The topological polar surface area (TPSA) is 207 Å². The zero-order chi connectivity index (χ0) is 49.7. The Hall–Kier alpha value is -2.07. The zero-order valence-corrected chi connectivity index (χ0v) is 43.7. The van der Waals surface area contributed by atoms with Crippen LogP contribution in [0.5, 0.6) is 18.0 Å². The minimum atomic E-state index is -0.752. The molecule has 3 unspecified atom stereocenters. The van der Waals surface area contributed by atoms with Gasteiger partial charge in [-0.25, -0.2) is 0 Å². The van der Waals surface area contributed by atoms with Crippen molar-refractivity contribution >= 4 is 0 Å². The molecule has 7 rings (SSSR count). The van der Waals surface area contributed by atoms with Gasteiger partial charge in [-0.3, -0.25) is 0 Å². The summed E-state index contributed by atoms with van der Waals surface area (Å²) >= 11 is 0. The summed E-state index contributed by atoms with van der Waals surface area (Å²) in [7, 11) is 0. The predicted molar refractivity (Wildman–Crippen MR) is 245 cm³/mol. The summed E-state index contributed by atoms with van der Waals surface area (Å²) in [6.07, 6.45) is 4.15. The third kappa shape index (κ3) is 8.99. The molecular weight excluding hydrogens is 847 g/mol. The van der Waals surface area contributed by atoms with E-state index < -0.39 is 84.8 Å². The molecule has 0 aliphatic carbocycles. The maximum atomic E-state index is 12.0. The Kier molecular flexibility index (Phi) is 12.3. The van der Waals surface area contributed by atoms with Gasteiger partial charge in [-0.05, 0) is 163 Å². The average molecular weight is 934 g/mol. The molecule has 0 radical (unpaired) electrons. The summed E-state index contributed by atoms with van der Waals surface area (Å²) in [5.74, 6) is 0. The van der Waals surface area contributed by atoms with Crippen LogP contribution in [-0.2, 0) is 0 Å². The second-order valence-corrected chi connectivity index (χ2v) is 27.5. The molecule has 6 aliphatic rings. The molecule has 0 bridgehead atoms. The van der Waals surface area contributed by atoms with Crippen molar-refractivity contribution in [2.75, 3.05) is 0 Å². The number of hydroxylamine groups is 12. The van der Waals surface area contributed by atoms with Gasteiger partial charge >= 0.3 is 18.0 Å². The molecule has 0 amide bonds. The fourth-order valence-corrected chi connectivity index (χ4v) is 15.6. The molecule has 6 saturated heterocycles. The highest BCUT2D eigenvalue weighted by molar-refractivity contribution is 5.18. The quantitative estimate of drug-likeness (QED) is 0.159. The number of hydrogen-bond acceptors (Lipinski definition) is 18. The molecule has 0 aromatic carbocycles. The molecule has 3 atom stereocenters. The highest BCUT2D eigenvalue weighted by atomic mass is 16.6. The van der Waals surface area contributed by atoms with Crippen molar-refractivity contribution in [3.05, 3.63) is 0 Å². The number of piperidine rings is 6. The average Bonchev–Trinajstić information content (AvgIpc) is 3.11. The van der Waals surface area contributed by atoms with E-state index in [4.69, 9.17) is 29.2 Å². The molecule has 1 aromatic rings. The zero-order valence-electron chi connectivity index (χ0n) is 43.7. The van der Waals surface area contributed by atoms with Crippen molar-refractivity contribution in [1.82, 2.24) is 45.3 Å². The summed E-state index contributed by atoms with van der Waals surface area (Å²) < 4.78 is 20.6. The van der Waals surface area contributed by atoms with E-state index >= 15 is 0 Å². The lowest BCUT2D eigenvalue weighted by Crippen LogP contribution is -2.73. The number of hydrogen-bond donors (Lipinski definition) is 6. The summed E-state index contributed by atoms with van der Waals surface area (Å²) in [6.45, 7) is 35.9. The fraction of sp³-hybridized carbons (Fsp3) is 0.938. The van der Waals surface area contributed by atoms with Crippen molar-refractivity contribution in [3.8, 4) is 18.0 Å². The highest BCUT2D eigenvalue weighted by Gasteiger charge is 2.63. The summed E-state index contributed by atoms with van der Waals surface area (Å²) in [5, 5.41) is 78.7. The highest BCUT2D eigenvalue weighted by Crippen LogP contribution is 2.55. The van der Waals surface area contributed by atoms with Crippen molar-refractivity contribution in [1.29, 1.82) is 0 Å². The smallest absolute Gasteiger partial charge is 0.326 e. The van der Waals surface area contributed by atoms with E-state index in [1.165, 1.54) is 30.4 Å². The van der Waals surface area contributed by atoms with Gasteiger partial charge in [0.05, 0.1) is 16.6 Å². The molecule has 6 aliphatic heterocycles. The van der Waals surface area contributed by atoms with E-state index in [0.717, 1.165) is 0 Å². The Morgan fingerprint density at radius 3 is 0.667 bits per heavy atom. The molecule has 6 fully saturated rings. The van der Waals surface area contributed by atoms with Crippen molar-refractivity contribution < 1.29 is 45.5 Å². The number of aromatic nitrogens is 3. The molecule has 66 heavy (non-hydrogen) atoms. The Morgan fingerprint density at radius 2 is 0.485 bits per heavy atom. The van der Waals surface area contributed by atoms with Crippen LogP contribution in [0.15, 0.2) is 0 Å². The van der Waals surface area contributed by atoms with Gasteiger partial charge in [0.2, 0.25) is 0 Å². The minimum absolute atomic E-state index is 0.0179. The lowest BCUT2D eigenvalue weighted by atomic mass is 9.64. The van der Waals surface area contributed by atoms with Gasteiger partial charge in [0, 0.05) is 88.4 Å². The molecular formula is C48H87N9O9. The van der Waals surface area contributed by atoms with Crippen LogP contribution in [0.3, 0.4) is 0 Å². The van der Waals surface area contributed by atoms with E-state index in [1.807, 2.05) is 125 Å². The van der Waals surface area contributed by atoms with Gasteiger partial charge in [0.25, 0.3) is 0 Å². The summed E-state index contributed by atoms with van der Waals surface area (Å²) in [5.41, 5.74) is -8.34. The minimum Gasteiger partial charge on any atom is -0.460 e. The maximum Gasteiger partial charge on any atom is 0.326 e. The van der Waals surface area contributed by atoms with Crippen LogP contribution in [0.4, 0.5) is 0 Å². The standard InChI is InChI=1S/C48H87N9O9/c1-37(2)19-31(22-46(55(37)61)25-40(7,8)52(58)41(9,10)26-46)64-34-49-35(65-32-20-38(3,4)56(62)47(23-32)27-42(11,12)53(59)43(13,14)28-47)51-36(50-34)66-33-21-39(5,6)57(63)48(24-33)29-44(15,16)54(60)45(17,18)30-48/h31-33,58-63H,19-30H2,1-18H3. The SMILES string of the molecule is CC1(C)CC2(CC(Oc3nc(OC4CC(C)(C)N(O)C5(C4)CC(C)(C)N(O)C(C)(C)C5)nc(OC4CC(C)(C)N(O)C5(C4)CC(C)(C)N(O)C(C)(C)C5)n3)CC(C)(C)N2O)CC(C)(C)N1O. The predicted octanol–water partition coefficient (Wildman–Crippen LogP) is 8.25. The molecule has 7 heterocycles. The fourth-order valence-electron chi connectivity index (χ4n) is 15.6. The molecule has 18 nitrogen and oxygen atoms in total. The maximum absolute atomic E-state index is 12.0. The first-order chi connectivity index (χ1) is 29.6. The van der Waals surface area contributed by atoms with Crippen LogP contribution in [0.25, 0.3) is 0 Å². The Bertz CT molecular complexity index is 1700. The monoisotopic (exact) mass is 934 g/mol. The van der Waals surface area contributed by atoms with Crippen molar-refractivity contribution in [3.63, 3.8) is 0 Å². The van der Waals surface area contributed by atoms with Crippen molar-refractivity contribution in [2.45, 2.75) is 286 Å². The molecule has 3 spiro atoms. The van der Waals surface area contributed by atoms with E-state index in [-0.39, 0.29) is 18.0 Å². The third-order valence-corrected chi connectivity index (χ3v) is 16.5. The van der Waals surface area contributed by atoms with Crippen LogP contribution in [0, 0.1) is 0 Å². The van der Waals surface area contributed by atoms with E-state index in [0.29, 0.717) is 77.0 Å². The molecule has 0 saturated carbocycles. The lowest BCUT2D eigenvalue weighted by molar-refractivity contribution is -0.330. The largest absolute Gasteiger partial charge is 0.460 e. The molecule has 1 aromatic heterocycles. The van der Waals surface area contributed by atoms with Crippen LogP contribution in [0.1, 0.15) is 202 Å². The van der Waals surface area contributed by atoms with Crippen LogP contribution in [0.2, 0.25) is 0 Å². The van der Waals surface area contributed by atoms with Gasteiger partial charge in [-0.15, -0.1) is 15.0 Å². The van der Waals surface area contributed by atoms with Gasteiger partial charge in [-0.2, -0.15) is 30.4 Å². The number of ether oxygens (including phenoxy) is 3. The van der Waals surface area contributed by atoms with Gasteiger partial charge in [0.15, 0.2) is 0 Å².